The first kappa shape index (κ1) is 47.8. The van der Waals surface area contributed by atoms with Gasteiger partial charge in [0.25, 0.3) is 10.0 Å². The van der Waals surface area contributed by atoms with Gasteiger partial charge in [-0.2, -0.15) is 4.98 Å². The smallest absolute Gasteiger partial charge is 0.414 e. The van der Waals surface area contributed by atoms with Crippen LogP contribution in [0.5, 0.6) is 11.5 Å². The molecular weight excluding hydrogens is 809 g/mol. The maximum Gasteiger partial charge on any atom is 0.414 e. The van der Waals surface area contributed by atoms with Gasteiger partial charge < -0.3 is 39.7 Å². The molecular formula is C40H49F2N7O10S. The monoisotopic (exact) mass is 857 g/mol. The molecule has 3 N–H and O–H groups in total. The molecule has 0 aliphatic heterocycles. The van der Waals surface area contributed by atoms with Gasteiger partial charge in [0.2, 0.25) is 5.95 Å². The molecule has 0 bridgehead atoms. The minimum atomic E-state index is -4.52. The zero-order valence-electron chi connectivity index (χ0n) is 34.4. The number of nitrogens with one attached hydrogen (secondary N) is 1. The molecule has 0 spiro atoms. The van der Waals surface area contributed by atoms with E-state index in [0.717, 1.165) is 4.31 Å². The number of carbonyl (C=O) groups is 4. The van der Waals surface area contributed by atoms with Crippen LogP contribution in [-0.2, 0) is 26.0 Å². The summed E-state index contributed by atoms with van der Waals surface area (Å²) < 4.78 is 66.1. The van der Waals surface area contributed by atoms with E-state index in [9.17, 15) is 41.5 Å². The van der Waals surface area contributed by atoms with Gasteiger partial charge in [-0.05, 0) is 75.2 Å². The van der Waals surface area contributed by atoms with E-state index in [2.05, 4.69) is 15.3 Å². The number of hydrogen-bond donors (Lipinski definition) is 3. The number of anilines is 3. The third-order valence-electron chi connectivity index (χ3n) is 8.65. The number of carbonyl (C=O) groups excluding carboxylic acids is 2. The van der Waals surface area contributed by atoms with Crippen LogP contribution in [0.15, 0.2) is 77.8 Å². The summed E-state index contributed by atoms with van der Waals surface area (Å²) in [6, 6.07) is 13.3. The van der Waals surface area contributed by atoms with Gasteiger partial charge in [-0.3, -0.25) is 9.10 Å². The molecule has 20 heteroatoms. The lowest BCUT2D eigenvalue weighted by atomic mass is 10.0. The van der Waals surface area contributed by atoms with Gasteiger partial charge >= 0.3 is 24.1 Å². The van der Waals surface area contributed by atoms with Crippen LogP contribution in [0.4, 0.5) is 35.8 Å². The van der Waals surface area contributed by atoms with Crippen LogP contribution in [0.25, 0.3) is 0 Å². The Morgan fingerprint density at radius 2 is 1.27 bits per heavy atom. The number of hydrogen-bond acceptors (Lipinski definition) is 12. The van der Waals surface area contributed by atoms with Crippen LogP contribution in [0, 0.1) is 11.6 Å². The van der Waals surface area contributed by atoms with E-state index in [-0.39, 0.29) is 36.2 Å². The minimum Gasteiger partial charge on any atom is -0.481 e. The van der Waals surface area contributed by atoms with Crippen molar-refractivity contribution < 1.29 is 56.1 Å². The summed E-state index contributed by atoms with van der Waals surface area (Å²) in [6.07, 6.45) is 0.125. The second-order valence-corrected chi connectivity index (χ2v) is 15.3. The van der Waals surface area contributed by atoms with E-state index < -0.39 is 62.6 Å². The number of rotatable bonds is 16. The number of amides is 2. The van der Waals surface area contributed by atoms with Crippen molar-refractivity contribution in [2.75, 3.05) is 62.3 Å². The van der Waals surface area contributed by atoms with E-state index in [1.807, 2.05) is 13.8 Å². The summed E-state index contributed by atoms with van der Waals surface area (Å²) in [7, 11) is 1.72. The molecule has 17 nitrogen and oxygen atoms in total. The van der Waals surface area contributed by atoms with Gasteiger partial charge in [0, 0.05) is 60.3 Å². The van der Waals surface area contributed by atoms with E-state index >= 15 is 0 Å². The molecule has 1 heterocycles. The molecule has 0 saturated carbocycles. The predicted octanol–water partition coefficient (Wildman–Crippen LogP) is 5.92. The van der Waals surface area contributed by atoms with Crippen molar-refractivity contribution >= 4 is 51.6 Å². The molecule has 0 fully saturated rings. The van der Waals surface area contributed by atoms with Crippen LogP contribution in [-0.4, -0.2) is 116 Å². The van der Waals surface area contributed by atoms with Crippen molar-refractivity contribution in [1.29, 1.82) is 0 Å². The molecule has 2 amide bonds. The number of nitrogens with zero attached hydrogens (tertiary/aromatic N) is 6. The Kier molecular flexibility index (Phi) is 17.1. The third-order valence-corrected chi connectivity index (χ3v) is 10.5. The topological polar surface area (TPSA) is 212 Å². The van der Waals surface area contributed by atoms with Gasteiger partial charge in [-0.1, -0.05) is 24.3 Å². The first-order chi connectivity index (χ1) is 28.2. The van der Waals surface area contributed by atoms with Gasteiger partial charge in [0.1, 0.15) is 34.9 Å². The molecule has 0 aliphatic rings. The van der Waals surface area contributed by atoms with Crippen molar-refractivity contribution in [1.82, 2.24) is 19.8 Å². The van der Waals surface area contributed by atoms with Crippen LogP contribution in [0.3, 0.4) is 0 Å². The standard InChI is InChI=1S/C28H34F2N6O6S.C12H15NO4/c1-6-35(7-2)27-31-17-24(36(8-3)43(40,41)22-15-19(29)14-20(30)16-22)25(33-27)32-23(26(37)38)13-18-9-11-21(12-10-18)42-28(39)34(4)5;1-8(11(14)15)9-4-6-10(7-5-9)17-12(16)13(2)3/h9-12,14-17,23H,6-8,13H2,1-5H3,(H,37,38)(H,31,32,33);4-8H,1-3H3,(H,14,15). The van der Waals surface area contributed by atoms with Crippen molar-refractivity contribution in [2.24, 2.45) is 0 Å². The second-order valence-electron chi connectivity index (χ2n) is 13.4. The molecule has 324 valence electrons. The largest absolute Gasteiger partial charge is 0.481 e. The number of halogens is 2. The van der Waals surface area contributed by atoms with Crippen molar-refractivity contribution in [3.8, 4) is 11.5 Å². The normalized spacial score (nSPS) is 11.8. The number of ether oxygens (including phenoxy) is 2. The zero-order valence-corrected chi connectivity index (χ0v) is 35.2. The van der Waals surface area contributed by atoms with Crippen LogP contribution < -0.4 is 24.0 Å². The van der Waals surface area contributed by atoms with E-state index in [1.54, 1.807) is 62.3 Å². The maximum atomic E-state index is 14.0. The number of sulfonamides is 1. The molecule has 1 aromatic heterocycles. The lowest BCUT2D eigenvalue weighted by Crippen LogP contribution is -2.36. The fourth-order valence-corrected chi connectivity index (χ4v) is 6.74. The molecule has 0 saturated heterocycles. The average molecular weight is 858 g/mol. The van der Waals surface area contributed by atoms with E-state index in [4.69, 9.17) is 14.6 Å². The van der Waals surface area contributed by atoms with Crippen molar-refractivity contribution in [3.63, 3.8) is 0 Å². The highest BCUT2D eigenvalue weighted by atomic mass is 32.2. The fourth-order valence-electron chi connectivity index (χ4n) is 5.23. The summed E-state index contributed by atoms with van der Waals surface area (Å²) in [4.78, 5) is 58.7. The van der Waals surface area contributed by atoms with Gasteiger partial charge in [-0.25, -0.2) is 36.6 Å². The van der Waals surface area contributed by atoms with Gasteiger partial charge in [-0.15, -0.1) is 0 Å². The Morgan fingerprint density at radius 1 is 0.767 bits per heavy atom. The SMILES string of the molecule is CC(C(=O)O)c1ccc(OC(=O)N(C)C)cc1.CCN(CC)c1ncc(N(CC)S(=O)(=O)c2cc(F)cc(F)c2)c(NC(Cc2ccc(OC(=O)N(C)C)cc2)C(=O)O)n1. The molecule has 4 aromatic rings. The molecule has 4 rings (SSSR count). The van der Waals surface area contributed by atoms with Crippen molar-refractivity contribution in [3.05, 3.63) is 95.7 Å². The third kappa shape index (κ3) is 13.0. The first-order valence-electron chi connectivity index (χ1n) is 18.5. The van der Waals surface area contributed by atoms with Crippen LogP contribution in [0.1, 0.15) is 44.7 Å². The number of aliphatic carboxylic acids is 2. The second kappa shape index (κ2) is 21.4. The van der Waals surface area contributed by atoms with Gasteiger partial charge in [0.15, 0.2) is 5.82 Å². The van der Waals surface area contributed by atoms with E-state index in [1.165, 1.54) is 49.1 Å². The Labute approximate surface area is 347 Å². The molecule has 0 aliphatic carbocycles. The molecule has 2 unspecified atom stereocenters. The van der Waals surface area contributed by atoms with Crippen molar-refractivity contribution in [2.45, 2.75) is 51.0 Å². The quantitative estimate of drug-likeness (QED) is 0.119. The first-order valence-corrected chi connectivity index (χ1v) is 20.0. The fraction of sp³-hybridized carbons (Fsp3) is 0.350. The predicted molar refractivity (Wildman–Crippen MR) is 219 cm³/mol. The summed E-state index contributed by atoms with van der Waals surface area (Å²) in [5.41, 5.74) is 1.13. The Balaban J connectivity index is 0.000000472. The highest BCUT2D eigenvalue weighted by Crippen LogP contribution is 2.32. The van der Waals surface area contributed by atoms with Crippen LogP contribution in [0.2, 0.25) is 0 Å². The molecule has 3 aromatic carbocycles. The number of aromatic nitrogens is 2. The minimum absolute atomic E-state index is 0.0602. The molecule has 2 atom stereocenters. The molecule has 60 heavy (non-hydrogen) atoms. The van der Waals surface area contributed by atoms with Crippen LogP contribution >= 0.6 is 0 Å². The number of carboxylic acids is 2. The molecule has 0 radical (unpaired) electrons. The lowest BCUT2D eigenvalue weighted by molar-refractivity contribution is -0.139. The summed E-state index contributed by atoms with van der Waals surface area (Å²) in [5.74, 6) is -4.09. The summed E-state index contributed by atoms with van der Waals surface area (Å²) >= 11 is 0. The average Bonchev–Trinajstić information content (AvgIpc) is 3.19. The Hall–Kier alpha value is -6.57. The summed E-state index contributed by atoms with van der Waals surface area (Å²) in [5, 5.41) is 21.7. The highest BCUT2D eigenvalue weighted by molar-refractivity contribution is 7.92. The Morgan fingerprint density at radius 3 is 1.70 bits per heavy atom. The lowest BCUT2D eigenvalue weighted by Gasteiger charge is -2.27. The van der Waals surface area contributed by atoms with E-state index in [0.29, 0.717) is 48.2 Å². The van der Waals surface area contributed by atoms with Gasteiger partial charge in [0.05, 0.1) is 17.0 Å². The summed E-state index contributed by atoms with van der Waals surface area (Å²) in [6.45, 7) is 7.69. The number of benzene rings is 3. The maximum absolute atomic E-state index is 14.0. The zero-order chi connectivity index (χ0) is 44.9. The Bertz CT molecular complexity index is 2200. The highest BCUT2D eigenvalue weighted by Gasteiger charge is 2.30. The number of carboxylic acid groups (broad SMARTS) is 2.